The van der Waals surface area contributed by atoms with Crippen LogP contribution in [0.2, 0.25) is 0 Å². The minimum Gasteiger partial charge on any atom is -0.295 e. The summed E-state index contributed by atoms with van der Waals surface area (Å²) in [6.07, 6.45) is 9.83. The lowest BCUT2D eigenvalue weighted by molar-refractivity contribution is 0.101. The number of hydrogen-bond acceptors (Lipinski definition) is 1. The molecule has 18 heavy (non-hydrogen) atoms. The molecule has 0 aromatic heterocycles. The molecule has 0 aliphatic heterocycles. The maximum absolute atomic E-state index is 11.6. The molecule has 0 heterocycles. The molecule has 1 aromatic rings. The second kappa shape index (κ2) is 4.72. The van der Waals surface area contributed by atoms with Gasteiger partial charge in [-0.15, -0.1) is 0 Å². The van der Waals surface area contributed by atoms with Gasteiger partial charge in [0.1, 0.15) is 0 Å². The lowest BCUT2D eigenvalue weighted by atomic mass is 9.87. The van der Waals surface area contributed by atoms with Gasteiger partial charge in [0, 0.05) is 5.56 Å². The first-order valence-electron chi connectivity index (χ1n) is 7.01. The fourth-order valence-electron chi connectivity index (χ4n) is 3.65. The number of ketones is 1. The fraction of sp³-hybridized carbons (Fsp3) is 0.471. The van der Waals surface area contributed by atoms with Gasteiger partial charge in [0.05, 0.1) is 0 Å². The molecule has 94 valence electrons. The number of benzene rings is 1. The molecule has 3 atom stereocenters. The van der Waals surface area contributed by atoms with Gasteiger partial charge < -0.3 is 0 Å². The van der Waals surface area contributed by atoms with Crippen molar-refractivity contribution in [1.29, 1.82) is 0 Å². The van der Waals surface area contributed by atoms with Crippen molar-refractivity contribution in [3.63, 3.8) is 0 Å². The van der Waals surface area contributed by atoms with E-state index in [0.29, 0.717) is 0 Å². The lowest BCUT2D eigenvalue weighted by Crippen LogP contribution is -2.09. The van der Waals surface area contributed by atoms with Crippen molar-refractivity contribution in [1.82, 2.24) is 0 Å². The zero-order valence-electron chi connectivity index (χ0n) is 10.9. The average Bonchev–Trinajstić information content (AvgIpc) is 2.98. The van der Waals surface area contributed by atoms with Crippen molar-refractivity contribution in [2.24, 2.45) is 17.8 Å². The Labute approximate surface area is 109 Å². The van der Waals surface area contributed by atoms with E-state index in [4.69, 9.17) is 0 Å². The molecule has 0 N–H and O–H groups in total. The highest BCUT2D eigenvalue weighted by Gasteiger charge is 2.34. The van der Waals surface area contributed by atoms with Crippen molar-refractivity contribution in [2.75, 3.05) is 0 Å². The first kappa shape index (κ1) is 11.7. The Bertz CT molecular complexity index is 486. The van der Waals surface area contributed by atoms with Crippen molar-refractivity contribution >= 4 is 5.78 Å². The van der Waals surface area contributed by atoms with E-state index < -0.39 is 0 Å². The van der Waals surface area contributed by atoms with Gasteiger partial charge in [-0.05, 0) is 55.9 Å². The number of aryl methyl sites for hydroxylation is 1. The molecule has 3 rings (SSSR count). The number of Topliss-reactive ketones (excluding diaryl/α,β-unsaturated/α-hetero) is 1. The maximum Gasteiger partial charge on any atom is 0.160 e. The summed E-state index contributed by atoms with van der Waals surface area (Å²) >= 11 is 0. The van der Waals surface area contributed by atoms with E-state index in [9.17, 15) is 4.79 Å². The molecule has 3 unspecified atom stereocenters. The highest BCUT2D eigenvalue weighted by Crippen LogP contribution is 2.45. The molecule has 2 aliphatic carbocycles. The van der Waals surface area contributed by atoms with E-state index in [1.165, 1.54) is 24.8 Å². The summed E-state index contributed by atoms with van der Waals surface area (Å²) in [5.41, 5.74) is 2.15. The number of hydrogen-bond donors (Lipinski definition) is 0. The van der Waals surface area contributed by atoms with E-state index in [1.807, 2.05) is 18.2 Å². The summed E-state index contributed by atoms with van der Waals surface area (Å²) < 4.78 is 0. The standard InChI is InChI=1S/C17H20O/c1-12(18)17-5-3-2-4-14(17)8-9-16-11-13-6-7-15(16)10-13/h2-7,13,15-16H,8-11H2,1H3. The average molecular weight is 240 g/mol. The molecule has 0 amide bonds. The van der Waals surface area contributed by atoms with Gasteiger partial charge in [0.15, 0.2) is 5.78 Å². The van der Waals surface area contributed by atoms with Gasteiger partial charge in [-0.2, -0.15) is 0 Å². The van der Waals surface area contributed by atoms with Crippen molar-refractivity contribution < 1.29 is 4.79 Å². The van der Waals surface area contributed by atoms with Gasteiger partial charge >= 0.3 is 0 Å². The Morgan fingerprint density at radius 2 is 2.06 bits per heavy atom. The van der Waals surface area contributed by atoms with Gasteiger partial charge in [0.2, 0.25) is 0 Å². The molecule has 1 nitrogen and oxygen atoms in total. The lowest BCUT2D eigenvalue weighted by Gasteiger charge is -2.18. The van der Waals surface area contributed by atoms with E-state index in [0.717, 1.165) is 29.7 Å². The van der Waals surface area contributed by atoms with Crippen LogP contribution in [-0.2, 0) is 6.42 Å². The number of carbonyl (C=O) groups is 1. The number of rotatable bonds is 4. The van der Waals surface area contributed by atoms with Gasteiger partial charge in [-0.25, -0.2) is 0 Å². The summed E-state index contributed by atoms with van der Waals surface area (Å²) in [5.74, 6) is 2.71. The first-order chi connectivity index (χ1) is 8.74. The number of carbonyl (C=O) groups excluding carboxylic acids is 1. The molecule has 0 radical (unpaired) electrons. The monoisotopic (exact) mass is 240 g/mol. The SMILES string of the molecule is CC(=O)c1ccccc1CCC1CC2C=CC1C2. The Hall–Kier alpha value is -1.37. The third-order valence-electron chi connectivity index (χ3n) is 4.60. The molecular formula is C17H20O. The van der Waals surface area contributed by atoms with Gasteiger partial charge in [0.25, 0.3) is 0 Å². The summed E-state index contributed by atoms with van der Waals surface area (Å²) in [6, 6.07) is 8.07. The second-order valence-corrected chi connectivity index (χ2v) is 5.79. The molecule has 1 aromatic carbocycles. The minimum atomic E-state index is 0.193. The van der Waals surface area contributed by atoms with E-state index in [-0.39, 0.29) is 5.78 Å². The van der Waals surface area contributed by atoms with Crippen LogP contribution in [-0.4, -0.2) is 5.78 Å². The smallest absolute Gasteiger partial charge is 0.160 e. The quantitative estimate of drug-likeness (QED) is 0.573. The summed E-state index contributed by atoms with van der Waals surface area (Å²) in [7, 11) is 0. The highest BCUT2D eigenvalue weighted by atomic mass is 16.1. The van der Waals surface area contributed by atoms with Crippen LogP contribution in [0.1, 0.15) is 42.1 Å². The fourth-order valence-corrected chi connectivity index (χ4v) is 3.65. The number of fused-ring (bicyclic) bond motifs is 2. The zero-order chi connectivity index (χ0) is 12.5. The maximum atomic E-state index is 11.6. The Morgan fingerprint density at radius 3 is 2.72 bits per heavy atom. The van der Waals surface area contributed by atoms with Crippen LogP contribution >= 0.6 is 0 Å². The molecule has 2 aliphatic rings. The van der Waals surface area contributed by atoms with Crippen LogP contribution in [0.5, 0.6) is 0 Å². The predicted molar refractivity (Wildman–Crippen MR) is 73.6 cm³/mol. The van der Waals surface area contributed by atoms with Crippen molar-refractivity contribution in [3.05, 3.63) is 47.5 Å². The predicted octanol–water partition coefficient (Wildman–Crippen LogP) is 4.03. The summed E-state index contributed by atoms with van der Waals surface area (Å²) in [4.78, 5) is 11.6. The summed E-state index contributed by atoms with van der Waals surface area (Å²) in [5, 5.41) is 0. The third kappa shape index (κ3) is 2.14. The van der Waals surface area contributed by atoms with Crippen LogP contribution in [0.3, 0.4) is 0 Å². The second-order valence-electron chi connectivity index (χ2n) is 5.79. The van der Waals surface area contributed by atoms with E-state index in [2.05, 4.69) is 18.2 Å². The van der Waals surface area contributed by atoms with Gasteiger partial charge in [-0.1, -0.05) is 36.4 Å². The minimum absolute atomic E-state index is 0.193. The summed E-state index contributed by atoms with van der Waals surface area (Å²) in [6.45, 7) is 1.67. The van der Waals surface area contributed by atoms with Crippen LogP contribution < -0.4 is 0 Å². The van der Waals surface area contributed by atoms with Crippen LogP contribution in [0.25, 0.3) is 0 Å². The topological polar surface area (TPSA) is 17.1 Å². The van der Waals surface area contributed by atoms with Crippen LogP contribution in [0, 0.1) is 17.8 Å². The Kier molecular flexibility index (Phi) is 3.07. The molecule has 0 spiro atoms. The third-order valence-corrected chi connectivity index (χ3v) is 4.60. The normalized spacial score (nSPS) is 28.8. The Morgan fingerprint density at radius 1 is 1.22 bits per heavy atom. The Balaban J connectivity index is 1.67. The van der Waals surface area contributed by atoms with Crippen LogP contribution in [0.4, 0.5) is 0 Å². The van der Waals surface area contributed by atoms with E-state index in [1.54, 1.807) is 6.92 Å². The largest absolute Gasteiger partial charge is 0.295 e. The molecular weight excluding hydrogens is 220 g/mol. The number of allylic oxidation sites excluding steroid dienone is 2. The highest BCUT2D eigenvalue weighted by molar-refractivity contribution is 5.95. The van der Waals surface area contributed by atoms with Crippen molar-refractivity contribution in [2.45, 2.75) is 32.6 Å². The van der Waals surface area contributed by atoms with Crippen molar-refractivity contribution in [3.8, 4) is 0 Å². The molecule has 1 saturated carbocycles. The first-order valence-corrected chi connectivity index (χ1v) is 7.01. The molecule has 1 fully saturated rings. The molecule has 1 heteroatoms. The van der Waals surface area contributed by atoms with E-state index >= 15 is 0 Å². The van der Waals surface area contributed by atoms with Gasteiger partial charge in [-0.3, -0.25) is 4.79 Å². The van der Waals surface area contributed by atoms with Crippen LogP contribution in [0.15, 0.2) is 36.4 Å². The zero-order valence-corrected chi connectivity index (χ0v) is 10.9. The molecule has 2 bridgehead atoms. The molecule has 0 saturated heterocycles.